The normalized spacial score (nSPS) is 11.5. The lowest BCUT2D eigenvalue weighted by Crippen LogP contribution is -2.15. The van der Waals surface area contributed by atoms with Crippen molar-refractivity contribution in [3.8, 4) is 16.9 Å². The molecule has 0 saturated heterocycles. The second-order valence-corrected chi connectivity index (χ2v) is 9.24. The van der Waals surface area contributed by atoms with E-state index in [1.807, 2.05) is 0 Å². The van der Waals surface area contributed by atoms with E-state index in [-0.39, 0.29) is 28.3 Å². The summed E-state index contributed by atoms with van der Waals surface area (Å²) in [6.45, 7) is -1.66. The molecule has 3 rings (SSSR count). The molecule has 3 aromatic rings. The fourth-order valence-corrected chi connectivity index (χ4v) is 4.03. The molecule has 0 saturated carbocycles. The van der Waals surface area contributed by atoms with Crippen LogP contribution in [0.5, 0.6) is 5.75 Å². The number of hydrogen-bond donors (Lipinski definition) is 1. The molecule has 0 aliphatic rings. The second kappa shape index (κ2) is 10.0. The number of nitrogens with one attached hydrogen (secondary N) is 1. The lowest BCUT2D eigenvalue weighted by Gasteiger charge is -2.13. The van der Waals surface area contributed by atoms with Crippen LogP contribution >= 0.6 is 0 Å². The van der Waals surface area contributed by atoms with E-state index >= 15 is 0 Å². The molecule has 5 nitrogen and oxygen atoms in total. The smallest absolute Gasteiger partial charge is 0.387 e. The number of anilines is 1. The summed E-state index contributed by atoms with van der Waals surface area (Å²) in [5.74, 6) is -3.20. The molecule has 0 unspecified atom stereocenters. The van der Waals surface area contributed by atoms with Crippen LogP contribution in [0.4, 0.5) is 23.2 Å². The van der Waals surface area contributed by atoms with E-state index in [2.05, 4.69) is 10.1 Å². The SMILES string of the molecule is CCS(=O)(=O)c1ccc(CC(=O)Nc2cc(F)c(-c3ccccc3OC(F)F)c(F)c2)cc1. The minimum Gasteiger partial charge on any atom is -0.434 e. The lowest BCUT2D eigenvalue weighted by atomic mass is 10.0. The molecule has 0 radical (unpaired) electrons. The van der Waals surface area contributed by atoms with Gasteiger partial charge in [-0.3, -0.25) is 4.79 Å². The summed E-state index contributed by atoms with van der Waals surface area (Å²) < 4.78 is 82.6. The summed E-state index contributed by atoms with van der Waals surface area (Å²) >= 11 is 0. The van der Waals surface area contributed by atoms with E-state index in [0.29, 0.717) is 5.56 Å². The van der Waals surface area contributed by atoms with Crippen LogP contribution in [0, 0.1) is 11.6 Å². The molecule has 1 N–H and O–H groups in total. The highest BCUT2D eigenvalue weighted by Gasteiger charge is 2.19. The van der Waals surface area contributed by atoms with Crippen LogP contribution in [-0.4, -0.2) is 26.7 Å². The molecule has 10 heteroatoms. The molecule has 0 aliphatic heterocycles. The van der Waals surface area contributed by atoms with Crippen LogP contribution in [0.2, 0.25) is 0 Å². The summed E-state index contributed by atoms with van der Waals surface area (Å²) in [5.41, 5.74) is -0.445. The number of ether oxygens (including phenoxy) is 1. The molecule has 0 spiro atoms. The van der Waals surface area contributed by atoms with Crippen LogP contribution in [0.15, 0.2) is 65.6 Å². The van der Waals surface area contributed by atoms with E-state index in [0.717, 1.165) is 18.2 Å². The van der Waals surface area contributed by atoms with E-state index < -0.39 is 45.3 Å². The molecule has 33 heavy (non-hydrogen) atoms. The molecule has 0 fully saturated rings. The highest BCUT2D eigenvalue weighted by molar-refractivity contribution is 7.91. The molecule has 174 valence electrons. The maximum absolute atomic E-state index is 14.7. The fraction of sp³-hybridized carbons (Fsp3) is 0.174. The number of alkyl halides is 2. The Balaban J connectivity index is 1.78. The average molecular weight is 481 g/mol. The number of halogens is 4. The Morgan fingerprint density at radius 3 is 2.18 bits per heavy atom. The Labute approximate surface area is 187 Å². The van der Waals surface area contributed by atoms with Crippen molar-refractivity contribution in [3.05, 3.63) is 77.9 Å². The number of amides is 1. The molecule has 1 amide bonds. The summed E-state index contributed by atoms with van der Waals surface area (Å²) in [6.07, 6.45) is -0.164. The number of carbonyl (C=O) groups excluding carboxylic acids is 1. The first-order valence-electron chi connectivity index (χ1n) is 9.75. The van der Waals surface area contributed by atoms with Gasteiger partial charge in [-0.1, -0.05) is 37.3 Å². The number of sulfone groups is 1. The highest BCUT2D eigenvalue weighted by atomic mass is 32.2. The molecule has 0 atom stereocenters. The van der Waals surface area contributed by atoms with Crippen molar-refractivity contribution in [2.75, 3.05) is 11.1 Å². The van der Waals surface area contributed by atoms with Crippen LogP contribution in [0.3, 0.4) is 0 Å². The number of hydrogen-bond acceptors (Lipinski definition) is 4. The van der Waals surface area contributed by atoms with E-state index in [1.165, 1.54) is 49.4 Å². The molecule has 3 aromatic carbocycles. The zero-order valence-corrected chi connectivity index (χ0v) is 18.1. The van der Waals surface area contributed by atoms with Crippen molar-refractivity contribution in [1.82, 2.24) is 0 Å². The Kier molecular flexibility index (Phi) is 7.37. The Bertz CT molecular complexity index is 1240. The Morgan fingerprint density at radius 2 is 1.61 bits per heavy atom. The zero-order chi connectivity index (χ0) is 24.2. The molecule has 0 bridgehead atoms. The number of para-hydroxylation sites is 1. The van der Waals surface area contributed by atoms with Crippen LogP contribution < -0.4 is 10.1 Å². The molecule has 0 aromatic heterocycles. The Morgan fingerprint density at radius 1 is 1.00 bits per heavy atom. The van der Waals surface area contributed by atoms with Gasteiger partial charge >= 0.3 is 6.61 Å². The van der Waals surface area contributed by atoms with Crippen molar-refractivity contribution in [1.29, 1.82) is 0 Å². The molecular formula is C23H19F4NO4S. The summed E-state index contributed by atoms with van der Waals surface area (Å²) in [7, 11) is -3.37. The lowest BCUT2D eigenvalue weighted by molar-refractivity contribution is -0.115. The third kappa shape index (κ3) is 5.89. The minimum absolute atomic E-state index is 0.0569. The van der Waals surface area contributed by atoms with Gasteiger partial charge in [-0.15, -0.1) is 0 Å². The average Bonchev–Trinajstić information content (AvgIpc) is 2.74. The van der Waals surface area contributed by atoms with Gasteiger partial charge in [0, 0.05) is 11.3 Å². The molecular weight excluding hydrogens is 462 g/mol. The van der Waals surface area contributed by atoms with Crippen molar-refractivity contribution in [2.24, 2.45) is 0 Å². The van der Waals surface area contributed by atoms with Gasteiger partial charge in [0.1, 0.15) is 17.4 Å². The van der Waals surface area contributed by atoms with Crippen molar-refractivity contribution >= 4 is 21.4 Å². The number of rotatable bonds is 8. The maximum Gasteiger partial charge on any atom is 0.387 e. The topological polar surface area (TPSA) is 72.5 Å². The highest BCUT2D eigenvalue weighted by Crippen LogP contribution is 2.36. The Hall–Kier alpha value is -3.40. The van der Waals surface area contributed by atoms with Gasteiger partial charge in [0.05, 0.1) is 22.6 Å². The van der Waals surface area contributed by atoms with Crippen molar-refractivity contribution < 1.29 is 35.5 Å². The largest absolute Gasteiger partial charge is 0.434 e. The molecule has 0 aliphatic carbocycles. The fourth-order valence-electron chi connectivity index (χ4n) is 3.15. The van der Waals surface area contributed by atoms with Gasteiger partial charge < -0.3 is 10.1 Å². The maximum atomic E-state index is 14.7. The third-order valence-corrected chi connectivity index (χ3v) is 6.48. The number of carbonyl (C=O) groups is 1. The van der Waals surface area contributed by atoms with Gasteiger partial charge in [0.2, 0.25) is 5.91 Å². The van der Waals surface area contributed by atoms with Gasteiger partial charge in [0.25, 0.3) is 0 Å². The first-order chi connectivity index (χ1) is 15.6. The van der Waals surface area contributed by atoms with E-state index in [4.69, 9.17) is 0 Å². The van der Waals surface area contributed by atoms with Crippen LogP contribution in [-0.2, 0) is 21.1 Å². The quantitative estimate of drug-likeness (QED) is 0.449. The van der Waals surface area contributed by atoms with E-state index in [1.54, 1.807) is 0 Å². The van der Waals surface area contributed by atoms with Crippen LogP contribution in [0.25, 0.3) is 11.1 Å². The standard InChI is InChI=1S/C23H19F4NO4S/c1-2-33(30,31)16-9-7-14(8-10-16)11-21(29)28-15-12-18(24)22(19(25)13-15)17-5-3-4-6-20(17)32-23(26)27/h3-10,12-13,23H,2,11H2,1H3,(H,28,29). The summed E-state index contributed by atoms with van der Waals surface area (Å²) in [5, 5.41) is 2.37. The first-order valence-corrected chi connectivity index (χ1v) is 11.4. The van der Waals surface area contributed by atoms with Gasteiger partial charge in [-0.25, -0.2) is 17.2 Å². The summed E-state index contributed by atoms with van der Waals surface area (Å²) in [6, 6.07) is 12.7. The second-order valence-electron chi connectivity index (χ2n) is 6.96. The predicted molar refractivity (Wildman–Crippen MR) is 115 cm³/mol. The van der Waals surface area contributed by atoms with Gasteiger partial charge in [0.15, 0.2) is 9.84 Å². The van der Waals surface area contributed by atoms with Crippen LogP contribution in [0.1, 0.15) is 12.5 Å². The number of benzene rings is 3. The predicted octanol–water partition coefficient (Wildman–Crippen LogP) is 5.21. The summed E-state index contributed by atoms with van der Waals surface area (Å²) in [4.78, 5) is 12.4. The molecule has 0 heterocycles. The van der Waals surface area contributed by atoms with Crippen molar-refractivity contribution in [2.45, 2.75) is 24.9 Å². The first kappa shape index (κ1) is 24.2. The third-order valence-electron chi connectivity index (χ3n) is 4.73. The zero-order valence-electron chi connectivity index (χ0n) is 17.3. The monoisotopic (exact) mass is 481 g/mol. The van der Waals surface area contributed by atoms with E-state index in [9.17, 15) is 30.8 Å². The minimum atomic E-state index is -3.37. The van der Waals surface area contributed by atoms with Gasteiger partial charge in [-0.05, 0) is 35.9 Å². The van der Waals surface area contributed by atoms with Gasteiger partial charge in [-0.2, -0.15) is 8.78 Å². The van der Waals surface area contributed by atoms with Crippen molar-refractivity contribution in [3.63, 3.8) is 0 Å².